The summed E-state index contributed by atoms with van der Waals surface area (Å²) in [6.45, 7) is 2.31. The monoisotopic (exact) mass is 328 g/mol. The van der Waals surface area contributed by atoms with Crippen molar-refractivity contribution in [3.05, 3.63) is 30.3 Å². The van der Waals surface area contributed by atoms with Gasteiger partial charge in [0.2, 0.25) is 0 Å². The van der Waals surface area contributed by atoms with Crippen molar-refractivity contribution < 1.29 is 9.53 Å². The zero-order chi connectivity index (χ0) is 16.8. The summed E-state index contributed by atoms with van der Waals surface area (Å²) < 4.78 is 5.54. The van der Waals surface area contributed by atoms with Crippen molar-refractivity contribution in [3.63, 3.8) is 0 Å². The predicted octanol–water partition coefficient (Wildman–Crippen LogP) is 6.00. The summed E-state index contributed by atoms with van der Waals surface area (Å²) in [5.74, 6) is 3.53. The molecule has 0 saturated heterocycles. The normalized spacial score (nSPS) is 30.7. The first-order valence-corrected chi connectivity index (χ1v) is 10.0. The van der Waals surface area contributed by atoms with Gasteiger partial charge in [0.05, 0.1) is 5.92 Å². The number of hydrogen-bond donors (Lipinski definition) is 0. The van der Waals surface area contributed by atoms with E-state index in [0.29, 0.717) is 5.75 Å². The number of esters is 1. The largest absolute Gasteiger partial charge is 0.426 e. The minimum Gasteiger partial charge on any atom is -0.426 e. The lowest BCUT2D eigenvalue weighted by atomic mass is 9.69. The quantitative estimate of drug-likeness (QED) is 0.489. The molecule has 1 aromatic rings. The summed E-state index contributed by atoms with van der Waals surface area (Å²) in [5.41, 5.74) is 0. The molecule has 0 aromatic heterocycles. The van der Waals surface area contributed by atoms with Gasteiger partial charge in [-0.25, -0.2) is 0 Å². The van der Waals surface area contributed by atoms with Gasteiger partial charge in [0.15, 0.2) is 0 Å². The first-order valence-electron chi connectivity index (χ1n) is 10.0. The van der Waals surface area contributed by atoms with Crippen LogP contribution in [0.3, 0.4) is 0 Å². The molecule has 0 N–H and O–H groups in total. The van der Waals surface area contributed by atoms with E-state index in [-0.39, 0.29) is 11.9 Å². The van der Waals surface area contributed by atoms with Crippen LogP contribution in [0.15, 0.2) is 30.3 Å². The maximum Gasteiger partial charge on any atom is 0.314 e. The second-order valence-corrected chi connectivity index (χ2v) is 7.92. The fourth-order valence-electron chi connectivity index (χ4n) is 4.87. The van der Waals surface area contributed by atoms with Crippen LogP contribution in [0.25, 0.3) is 0 Å². The van der Waals surface area contributed by atoms with E-state index in [1.165, 1.54) is 51.4 Å². The van der Waals surface area contributed by atoms with Crippen LogP contribution in [0.2, 0.25) is 0 Å². The Morgan fingerprint density at radius 1 is 0.917 bits per heavy atom. The van der Waals surface area contributed by atoms with Crippen LogP contribution >= 0.6 is 0 Å². The van der Waals surface area contributed by atoms with Gasteiger partial charge < -0.3 is 4.74 Å². The lowest BCUT2D eigenvalue weighted by Gasteiger charge is -2.37. The van der Waals surface area contributed by atoms with E-state index in [1.54, 1.807) is 0 Å². The molecule has 0 unspecified atom stereocenters. The number of ether oxygens (including phenoxy) is 1. The van der Waals surface area contributed by atoms with Crippen LogP contribution in [-0.4, -0.2) is 5.97 Å². The highest BCUT2D eigenvalue weighted by Gasteiger charge is 2.33. The van der Waals surface area contributed by atoms with E-state index >= 15 is 0 Å². The average Bonchev–Trinajstić information content (AvgIpc) is 2.64. The van der Waals surface area contributed by atoms with Crippen LogP contribution in [-0.2, 0) is 4.79 Å². The van der Waals surface area contributed by atoms with Crippen molar-refractivity contribution in [3.8, 4) is 5.75 Å². The second kappa shape index (κ2) is 8.69. The molecule has 132 valence electrons. The molecular weight excluding hydrogens is 296 g/mol. The van der Waals surface area contributed by atoms with Crippen molar-refractivity contribution in [2.24, 2.45) is 23.7 Å². The van der Waals surface area contributed by atoms with Gasteiger partial charge in [0, 0.05) is 0 Å². The zero-order valence-electron chi connectivity index (χ0n) is 15.1. The molecule has 0 bridgehead atoms. The molecule has 2 saturated carbocycles. The molecule has 3 rings (SSSR count). The van der Waals surface area contributed by atoms with Gasteiger partial charge in [-0.15, -0.1) is 0 Å². The van der Waals surface area contributed by atoms with E-state index in [1.807, 2.05) is 30.3 Å². The Labute approximate surface area is 147 Å². The Balaban J connectivity index is 1.42. The fraction of sp³-hybridized carbons (Fsp3) is 0.682. The van der Waals surface area contributed by atoms with Crippen molar-refractivity contribution in [1.29, 1.82) is 0 Å². The highest BCUT2D eigenvalue weighted by atomic mass is 16.5. The molecule has 0 atom stereocenters. The van der Waals surface area contributed by atoms with E-state index in [9.17, 15) is 4.79 Å². The Bertz CT molecular complexity index is 494. The van der Waals surface area contributed by atoms with Crippen LogP contribution < -0.4 is 4.74 Å². The smallest absolute Gasteiger partial charge is 0.314 e. The third-order valence-electron chi connectivity index (χ3n) is 6.32. The molecule has 2 nitrogen and oxygen atoms in total. The number of carbonyl (C=O) groups excluding carboxylic acids is 1. The SMILES string of the molecule is CCCC1CCC(C2CCC(C(=O)Oc3ccccc3)CC2)CC1. The molecule has 2 fully saturated rings. The summed E-state index contributed by atoms with van der Waals surface area (Å²) >= 11 is 0. The van der Waals surface area contributed by atoms with E-state index in [0.717, 1.165) is 30.6 Å². The van der Waals surface area contributed by atoms with Gasteiger partial charge >= 0.3 is 5.97 Å². The van der Waals surface area contributed by atoms with Crippen molar-refractivity contribution in [2.45, 2.75) is 71.1 Å². The topological polar surface area (TPSA) is 26.3 Å². The second-order valence-electron chi connectivity index (χ2n) is 7.92. The van der Waals surface area contributed by atoms with Gasteiger partial charge in [-0.1, -0.05) is 50.8 Å². The molecule has 0 heterocycles. The molecule has 24 heavy (non-hydrogen) atoms. The van der Waals surface area contributed by atoms with Crippen molar-refractivity contribution >= 4 is 5.97 Å². The van der Waals surface area contributed by atoms with Crippen LogP contribution in [0.4, 0.5) is 0 Å². The van der Waals surface area contributed by atoms with Gasteiger partial charge in [0.25, 0.3) is 0 Å². The minimum absolute atomic E-state index is 0.0219. The Kier molecular flexibility index (Phi) is 6.34. The molecular formula is C22H32O2. The lowest BCUT2D eigenvalue weighted by molar-refractivity contribution is -0.140. The summed E-state index contributed by atoms with van der Waals surface area (Å²) in [6, 6.07) is 9.48. The highest BCUT2D eigenvalue weighted by molar-refractivity contribution is 5.75. The van der Waals surface area contributed by atoms with E-state index in [4.69, 9.17) is 4.74 Å². The molecule has 1 aromatic carbocycles. The number of carbonyl (C=O) groups is 1. The summed E-state index contributed by atoms with van der Waals surface area (Å²) in [5, 5.41) is 0. The first-order chi connectivity index (χ1) is 11.8. The van der Waals surface area contributed by atoms with Gasteiger partial charge in [-0.3, -0.25) is 4.79 Å². The maximum atomic E-state index is 12.3. The van der Waals surface area contributed by atoms with Gasteiger partial charge in [0.1, 0.15) is 5.75 Å². The highest BCUT2D eigenvalue weighted by Crippen LogP contribution is 2.42. The van der Waals surface area contributed by atoms with Crippen molar-refractivity contribution in [2.75, 3.05) is 0 Å². The molecule has 0 radical (unpaired) electrons. The lowest BCUT2D eigenvalue weighted by Crippen LogP contribution is -2.30. The average molecular weight is 328 g/mol. The fourth-order valence-corrected chi connectivity index (χ4v) is 4.87. The van der Waals surface area contributed by atoms with Gasteiger partial charge in [-0.2, -0.15) is 0 Å². The number of benzene rings is 1. The maximum absolute atomic E-state index is 12.3. The summed E-state index contributed by atoms with van der Waals surface area (Å²) in [6.07, 6.45) is 13.0. The van der Waals surface area contributed by atoms with E-state index < -0.39 is 0 Å². The molecule has 0 amide bonds. The predicted molar refractivity (Wildman–Crippen MR) is 97.9 cm³/mol. The zero-order valence-corrected chi connectivity index (χ0v) is 15.1. The van der Waals surface area contributed by atoms with Gasteiger partial charge in [-0.05, 0) is 68.4 Å². The van der Waals surface area contributed by atoms with Crippen LogP contribution in [0.5, 0.6) is 5.75 Å². The first kappa shape index (κ1) is 17.5. The Hall–Kier alpha value is -1.31. The number of hydrogen-bond acceptors (Lipinski definition) is 2. The van der Waals surface area contributed by atoms with Crippen LogP contribution in [0.1, 0.15) is 71.1 Å². The third-order valence-corrected chi connectivity index (χ3v) is 6.32. The third kappa shape index (κ3) is 4.62. The van der Waals surface area contributed by atoms with E-state index in [2.05, 4.69) is 6.92 Å². The minimum atomic E-state index is -0.0219. The molecule has 0 aliphatic heterocycles. The van der Waals surface area contributed by atoms with Crippen LogP contribution in [0, 0.1) is 23.7 Å². The summed E-state index contributed by atoms with van der Waals surface area (Å²) in [4.78, 5) is 12.3. The van der Waals surface area contributed by atoms with Crippen molar-refractivity contribution in [1.82, 2.24) is 0 Å². The Morgan fingerprint density at radius 3 is 2.08 bits per heavy atom. The number of rotatable bonds is 5. The molecule has 2 heteroatoms. The Morgan fingerprint density at radius 2 is 1.50 bits per heavy atom. The molecule has 2 aliphatic rings. The molecule has 2 aliphatic carbocycles. The number of para-hydroxylation sites is 1. The standard InChI is InChI=1S/C22H32O2/c1-2-6-17-9-11-18(12-10-17)19-13-15-20(16-14-19)22(23)24-21-7-4-3-5-8-21/h3-5,7-8,17-20H,2,6,9-16H2,1H3. The summed E-state index contributed by atoms with van der Waals surface area (Å²) in [7, 11) is 0. The molecule has 0 spiro atoms.